The third-order valence-electron chi connectivity index (χ3n) is 5.22. The lowest BCUT2D eigenvalue weighted by molar-refractivity contribution is 0.0707. The first-order valence-electron chi connectivity index (χ1n) is 8.27. The predicted molar refractivity (Wildman–Crippen MR) is 89.7 cm³/mol. The van der Waals surface area contributed by atoms with E-state index in [0.717, 1.165) is 25.8 Å². The molecule has 24 heavy (non-hydrogen) atoms. The molecule has 0 spiro atoms. The second kappa shape index (κ2) is 5.87. The van der Waals surface area contributed by atoms with E-state index in [1.165, 1.54) is 17.3 Å². The van der Waals surface area contributed by atoms with Crippen LogP contribution >= 0.6 is 0 Å². The maximum atomic E-state index is 13.0. The Balaban J connectivity index is 1.73. The Hall–Kier alpha value is -2.47. The molecule has 0 aliphatic carbocycles. The normalized spacial score (nSPS) is 25.7. The van der Waals surface area contributed by atoms with Crippen LogP contribution < -0.4 is 10.9 Å². The number of amides is 1. The molecule has 0 unspecified atom stereocenters. The minimum atomic E-state index is -0.301. The van der Waals surface area contributed by atoms with Crippen molar-refractivity contribution in [1.82, 2.24) is 20.2 Å². The van der Waals surface area contributed by atoms with Crippen molar-refractivity contribution in [3.63, 3.8) is 0 Å². The molecule has 124 valence electrons. The van der Waals surface area contributed by atoms with E-state index >= 15 is 0 Å². The highest BCUT2D eigenvalue weighted by molar-refractivity contribution is 5.92. The molecular formula is C18H20N4O2. The van der Waals surface area contributed by atoms with Gasteiger partial charge in [-0.3, -0.25) is 9.59 Å². The summed E-state index contributed by atoms with van der Waals surface area (Å²) in [6.45, 7) is 4.67. The molecule has 2 aliphatic heterocycles. The number of H-pyrrole nitrogens is 1. The molecule has 2 aliphatic rings. The van der Waals surface area contributed by atoms with E-state index in [1.807, 2.05) is 17.0 Å². The van der Waals surface area contributed by atoms with E-state index < -0.39 is 0 Å². The van der Waals surface area contributed by atoms with Crippen LogP contribution in [0.5, 0.6) is 0 Å². The average molecular weight is 324 g/mol. The Morgan fingerprint density at radius 1 is 1.29 bits per heavy atom. The van der Waals surface area contributed by atoms with Crippen LogP contribution in [0.3, 0.4) is 0 Å². The first kappa shape index (κ1) is 15.1. The monoisotopic (exact) mass is 324 g/mol. The Morgan fingerprint density at radius 2 is 2.12 bits per heavy atom. The molecule has 2 saturated heterocycles. The molecule has 0 radical (unpaired) electrons. The number of benzene rings is 1. The zero-order chi connectivity index (χ0) is 16.7. The molecule has 1 amide bonds. The highest BCUT2D eigenvalue weighted by atomic mass is 16.2. The number of nitrogens with zero attached hydrogens (tertiary/aromatic N) is 2. The number of hydrogen-bond acceptors (Lipinski definition) is 4. The number of hydrogen-bond donors (Lipinski definition) is 2. The molecule has 0 bridgehead atoms. The van der Waals surface area contributed by atoms with Gasteiger partial charge in [-0.2, -0.15) is 0 Å². The van der Waals surface area contributed by atoms with E-state index in [1.54, 1.807) is 0 Å². The zero-order valence-corrected chi connectivity index (χ0v) is 13.5. The Labute approximate surface area is 139 Å². The number of rotatable bonds is 2. The highest BCUT2D eigenvalue weighted by Crippen LogP contribution is 2.43. The van der Waals surface area contributed by atoms with Crippen LogP contribution in [0.4, 0.5) is 0 Å². The van der Waals surface area contributed by atoms with Crippen LogP contribution in [-0.4, -0.2) is 40.4 Å². The van der Waals surface area contributed by atoms with Gasteiger partial charge < -0.3 is 15.2 Å². The lowest BCUT2D eigenvalue weighted by Crippen LogP contribution is -2.35. The maximum Gasteiger partial charge on any atom is 0.274 e. The van der Waals surface area contributed by atoms with Crippen LogP contribution in [0, 0.1) is 18.8 Å². The van der Waals surface area contributed by atoms with Crippen LogP contribution in [-0.2, 0) is 0 Å². The van der Waals surface area contributed by atoms with Crippen LogP contribution in [0.15, 0.2) is 41.5 Å². The summed E-state index contributed by atoms with van der Waals surface area (Å²) >= 11 is 0. The number of aromatic amines is 1. The second-order valence-corrected chi connectivity index (χ2v) is 6.64. The quantitative estimate of drug-likeness (QED) is 0.867. The smallest absolute Gasteiger partial charge is 0.274 e. The van der Waals surface area contributed by atoms with Crippen molar-refractivity contribution in [3.05, 3.63) is 63.8 Å². The molecule has 4 rings (SSSR count). The summed E-state index contributed by atoms with van der Waals surface area (Å²) in [5, 5.41) is 3.45. The number of carbonyl (C=O) groups excluding carboxylic acids is 1. The maximum absolute atomic E-state index is 13.0. The summed E-state index contributed by atoms with van der Waals surface area (Å²) in [5.41, 5.74) is 2.39. The highest BCUT2D eigenvalue weighted by Gasteiger charge is 2.47. The third kappa shape index (κ3) is 2.43. The topological polar surface area (TPSA) is 78.1 Å². The molecule has 2 aromatic rings. The first-order valence-corrected chi connectivity index (χ1v) is 8.27. The minimum absolute atomic E-state index is 0.0485. The van der Waals surface area contributed by atoms with E-state index in [0.29, 0.717) is 17.5 Å². The van der Waals surface area contributed by atoms with Crippen LogP contribution in [0.2, 0.25) is 0 Å². The number of nitrogens with one attached hydrogen (secondary N) is 2. The summed E-state index contributed by atoms with van der Waals surface area (Å²) in [7, 11) is 0. The van der Waals surface area contributed by atoms with Crippen molar-refractivity contribution < 1.29 is 4.79 Å². The SMILES string of the molecule is Cc1ccccc1[C@@H]1[C@H]2CNC[C@H]2CN1C(=O)c1c[nH]c(=O)cn1. The lowest BCUT2D eigenvalue weighted by atomic mass is 9.87. The van der Waals surface area contributed by atoms with Crippen LogP contribution in [0.25, 0.3) is 0 Å². The van der Waals surface area contributed by atoms with Gasteiger partial charge in [-0.15, -0.1) is 0 Å². The van der Waals surface area contributed by atoms with Gasteiger partial charge in [-0.1, -0.05) is 24.3 Å². The minimum Gasteiger partial charge on any atom is -0.330 e. The van der Waals surface area contributed by atoms with Gasteiger partial charge in [0.15, 0.2) is 0 Å². The number of aryl methyl sites for hydroxylation is 1. The van der Waals surface area contributed by atoms with Crippen molar-refractivity contribution >= 4 is 5.91 Å². The van der Waals surface area contributed by atoms with E-state index in [-0.39, 0.29) is 17.5 Å². The molecule has 0 saturated carbocycles. The summed E-state index contributed by atoms with van der Waals surface area (Å²) in [6.07, 6.45) is 2.57. The van der Waals surface area contributed by atoms with E-state index in [2.05, 4.69) is 34.3 Å². The van der Waals surface area contributed by atoms with Gasteiger partial charge in [0.05, 0.1) is 12.2 Å². The number of fused-ring (bicyclic) bond motifs is 1. The van der Waals surface area contributed by atoms with Gasteiger partial charge in [-0.25, -0.2) is 4.98 Å². The zero-order valence-electron chi connectivity index (χ0n) is 13.5. The largest absolute Gasteiger partial charge is 0.330 e. The van der Waals surface area contributed by atoms with Crippen LogP contribution in [0.1, 0.15) is 27.7 Å². The van der Waals surface area contributed by atoms with Gasteiger partial charge in [0.1, 0.15) is 5.69 Å². The van der Waals surface area contributed by atoms with Gasteiger partial charge in [-0.05, 0) is 24.0 Å². The van der Waals surface area contributed by atoms with Gasteiger partial charge in [0.25, 0.3) is 11.5 Å². The second-order valence-electron chi connectivity index (χ2n) is 6.64. The van der Waals surface area contributed by atoms with Gasteiger partial charge >= 0.3 is 0 Å². The first-order chi connectivity index (χ1) is 11.6. The Bertz CT molecular complexity index is 811. The lowest BCUT2D eigenvalue weighted by Gasteiger charge is -2.29. The van der Waals surface area contributed by atoms with Gasteiger partial charge in [0.2, 0.25) is 0 Å². The summed E-state index contributed by atoms with van der Waals surface area (Å²) < 4.78 is 0. The fourth-order valence-corrected chi connectivity index (χ4v) is 4.05. The van der Waals surface area contributed by atoms with Gasteiger partial charge in [0, 0.05) is 31.7 Å². The molecule has 6 heteroatoms. The summed E-state index contributed by atoms with van der Waals surface area (Å²) in [4.78, 5) is 32.7. The standard InChI is InChI=1S/C18H20N4O2/c1-11-4-2-3-5-13(11)17-14-7-19-6-12(14)10-22(17)18(24)15-8-21-16(23)9-20-15/h2-5,8-9,12,14,17,19H,6-7,10H2,1H3,(H,21,23)/t12-,14-,17+/m0/s1. The number of likely N-dealkylation sites (tertiary alicyclic amines) is 1. The molecule has 6 nitrogen and oxygen atoms in total. The molecule has 3 heterocycles. The Kier molecular flexibility index (Phi) is 3.69. The summed E-state index contributed by atoms with van der Waals surface area (Å²) in [6, 6.07) is 8.30. The van der Waals surface area contributed by atoms with Crippen molar-refractivity contribution in [2.45, 2.75) is 13.0 Å². The number of carbonyl (C=O) groups is 1. The molecule has 2 N–H and O–H groups in total. The molecule has 3 atom stereocenters. The van der Waals surface area contributed by atoms with E-state index in [9.17, 15) is 9.59 Å². The molecule has 2 fully saturated rings. The Morgan fingerprint density at radius 3 is 2.88 bits per heavy atom. The van der Waals surface area contributed by atoms with Crippen molar-refractivity contribution in [1.29, 1.82) is 0 Å². The molecule has 1 aromatic heterocycles. The summed E-state index contributed by atoms with van der Waals surface area (Å²) in [5.74, 6) is 0.757. The molecule has 1 aromatic carbocycles. The predicted octanol–water partition coefficient (Wildman–Crippen LogP) is 1.11. The molecular weight excluding hydrogens is 304 g/mol. The fourth-order valence-electron chi connectivity index (χ4n) is 4.05. The fraction of sp³-hybridized carbons (Fsp3) is 0.389. The average Bonchev–Trinajstić information content (AvgIpc) is 3.16. The van der Waals surface area contributed by atoms with Crippen molar-refractivity contribution in [2.75, 3.05) is 19.6 Å². The number of aromatic nitrogens is 2. The van der Waals surface area contributed by atoms with E-state index in [4.69, 9.17) is 0 Å². The third-order valence-corrected chi connectivity index (χ3v) is 5.22. The van der Waals surface area contributed by atoms with Crippen molar-refractivity contribution in [2.24, 2.45) is 11.8 Å². The van der Waals surface area contributed by atoms with Crippen molar-refractivity contribution in [3.8, 4) is 0 Å².